The van der Waals surface area contributed by atoms with Gasteiger partial charge < -0.3 is 26.0 Å². The smallest absolute Gasteiger partial charge is 0.125 e. The quantitative estimate of drug-likeness (QED) is 0.561. The van der Waals surface area contributed by atoms with Crippen molar-refractivity contribution >= 4 is 5.69 Å². The van der Waals surface area contributed by atoms with Crippen LogP contribution in [-0.4, -0.2) is 70.7 Å². The van der Waals surface area contributed by atoms with Crippen LogP contribution < -0.4 is 10.6 Å². The first-order valence-electron chi connectivity index (χ1n) is 10.4. The molecule has 6 nitrogen and oxygen atoms in total. The van der Waals surface area contributed by atoms with Crippen molar-refractivity contribution in [2.45, 2.75) is 55.6 Å². The lowest BCUT2D eigenvalue weighted by molar-refractivity contribution is -0.194. The number of likely N-dealkylation sites (N-methyl/N-ethyl adjacent to an activating group) is 1. The molecule has 3 heterocycles. The molecule has 3 aliphatic heterocycles. The molecule has 0 amide bonds. The molecule has 1 saturated heterocycles. The Morgan fingerprint density at radius 1 is 1.29 bits per heavy atom. The molecular formula is C22H31N3O3. The van der Waals surface area contributed by atoms with Crippen LogP contribution in [-0.2, 0) is 12.0 Å². The maximum absolute atomic E-state index is 11.9. The largest absolute Gasteiger partial charge is 0.392 e. The van der Waals surface area contributed by atoms with Gasteiger partial charge in [0.1, 0.15) is 5.60 Å². The molecule has 1 spiro atoms. The maximum Gasteiger partial charge on any atom is 0.125 e. The topological polar surface area (TPSA) is 93.2 Å². The van der Waals surface area contributed by atoms with Crippen molar-refractivity contribution in [2.24, 2.45) is 11.1 Å². The fraction of sp³-hybridized carbons (Fsp3) is 0.636. The number of aliphatic hydroxyl groups excluding tert-OH is 2. The van der Waals surface area contributed by atoms with Gasteiger partial charge in [0.25, 0.3) is 0 Å². The summed E-state index contributed by atoms with van der Waals surface area (Å²) in [6.07, 6.45) is 5.04. The standard InChI is InChI=1S/C22H31N3O3/c1-3-20-7-4-9-25-10-8-21(17(20)25)15-6-5-14(12-26)11-16(15)24(2)18(21)22(28,13-23)19(20)27/h4-7,11,17-19,26-28H,3,8-10,12-13,23H2,1-2H3/t17-,18+,19+,20+,21+,22?/m0/s1. The van der Waals surface area contributed by atoms with Gasteiger partial charge in [-0.2, -0.15) is 0 Å². The van der Waals surface area contributed by atoms with Gasteiger partial charge in [-0.25, -0.2) is 0 Å². The summed E-state index contributed by atoms with van der Waals surface area (Å²) in [5, 5.41) is 33.2. The molecule has 6 atom stereocenters. The number of anilines is 1. The number of rotatable bonds is 3. The summed E-state index contributed by atoms with van der Waals surface area (Å²) in [7, 11) is 1.99. The molecule has 0 bridgehead atoms. The molecule has 5 N–H and O–H groups in total. The van der Waals surface area contributed by atoms with Gasteiger partial charge in [0.15, 0.2) is 0 Å². The first kappa shape index (κ1) is 18.6. The van der Waals surface area contributed by atoms with E-state index in [1.165, 1.54) is 5.56 Å². The van der Waals surface area contributed by atoms with Crippen LogP contribution in [0.5, 0.6) is 0 Å². The first-order chi connectivity index (χ1) is 13.4. The highest BCUT2D eigenvalue weighted by atomic mass is 16.3. The molecule has 0 aromatic heterocycles. The van der Waals surface area contributed by atoms with Crippen molar-refractivity contribution < 1.29 is 15.3 Å². The lowest BCUT2D eigenvalue weighted by atomic mass is 9.48. The van der Waals surface area contributed by atoms with Crippen molar-refractivity contribution in [3.05, 3.63) is 41.5 Å². The number of hydrogen-bond donors (Lipinski definition) is 4. The average molecular weight is 386 g/mol. The maximum atomic E-state index is 11.9. The summed E-state index contributed by atoms with van der Waals surface area (Å²) >= 11 is 0. The minimum Gasteiger partial charge on any atom is -0.392 e. The predicted molar refractivity (Wildman–Crippen MR) is 108 cm³/mol. The Labute approximate surface area is 166 Å². The van der Waals surface area contributed by atoms with Crippen LogP contribution in [0, 0.1) is 5.41 Å². The van der Waals surface area contributed by atoms with Crippen LogP contribution >= 0.6 is 0 Å². The van der Waals surface area contributed by atoms with Gasteiger partial charge >= 0.3 is 0 Å². The normalized spacial score (nSPS) is 43.8. The molecule has 2 fully saturated rings. The van der Waals surface area contributed by atoms with E-state index in [1.54, 1.807) is 0 Å². The van der Waals surface area contributed by atoms with E-state index in [2.05, 4.69) is 34.9 Å². The van der Waals surface area contributed by atoms with Crippen LogP contribution in [0.25, 0.3) is 0 Å². The molecule has 6 heteroatoms. The van der Waals surface area contributed by atoms with Gasteiger partial charge in [0, 0.05) is 42.7 Å². The minimum atomic E-state index is -1.42. The zero-order chi connectivity index (χ0) is 19.9. The molecule has 1 aliphatic carbocycles. The summed E-state index contributed by atoms with van der Waals surface area (Å²) in [6.45, 7) is 3.92. The highest BCUT2D eigenvalue weighted by Gasteiger charge is 2.76. The Balaban J connectivity index is 1.83. The lowest BCUT2D eigenvalue weighted by Gasteiger charge is -2.64. The van der Waals surface area contributed by atoms with Crippen LogP contribution in [0.3, 0.4) is 0 Å². The molecule has 152 valence electrons. The van der Waals surface area contributed by atoms with Crippen molar-refractivity contribution in [3.63, 3.8) is 0 Å². The monoisotopic (exact) mass is 385 g/mol. The van der Waals surface area contributed by atoms with Gasteiger partial charge in [0.2, 0.25) is 0 Å². The van der Waals surface area contributed by atoms with Crippen molar-refractivity contribution in [1.29, 1.82) is 0 Å². The second-order valence-corrected chi connectivity index (χ2v) is 9.18. The van der Waals surface area contributed by atoms with Crippen molar-refractivity contribution in [2.75, 3.05) is 31.6 Å². The van der Waals surface area contributed by atoms with Crippen LogP contribution in [0.1, 0.15) is 30.9 Å². The van der Waals surface area contributed by atoms with E-state index in [-0.39, 0.29) is 30.7 Å². The predicted octanol–water partition coefficient (Wildman–Crippen LogP) is 0.340. The van der Waals surface area contributed by atoms with Gasteiger partial charge in [0.05, 0.1) is 18.8 Å². The second-order valence-electron chi connectivity index (χ2n) is 9.18. The molecule has 5 rings (SSSR count). The third kappa shape index (κ3) is 1.82. The number of nitrogens with two attached hydrogens (primary N) is 1. The fourth-order valence-corrected chi connectivity index (χ4v) is 7.36. The molecular weight excluding hydrogens is 354 g/mol. The zero-order valence-electron chi connectivity index (χ0n) is 16.7. The Kier molecular flexibility index (Phi) is 3.85. The molecule has 1 aromatic carbocycles. The van der Waals surface area contributed by atoms with Crippen LogP contribution in [0.4, 0.5) is 5.69 Å². The minimum absolute atomic E-state index is 0.00801. The number of aliphatic hydroxyl groups is 3. The summed E-state index contributed by atoms with van der Waals surface area (Å²) in [5.41, 5.74) is 7.05. The summed E-state index contributed by atoms with van der Waals surface area (Å²) < 4.78 is 0. The van der Waals surface area contributed by atoms with E-state index in [9.17, 15) is 15.3 Å². The van der Waals surface area contributed by atoms with E-state index >= 15 is 0 Å². The summed E-state index contributed by atoms with van der Waals surface area (Å²) in [4.78, 5) is 4.60. The molecule has 4 aliphatic rings. The van der Waals surface area contributed by atoms with Crippen molar-refractivity contribution in [1.82, 2.24) is 4.90 Å². The van der Waals surface area contributed by atoms with E-state index in [1.807, 2.05) is 19.2 Å². The molecule has 1 aromatic rings. The van der Waals surface area contributed by atoms with Gasteiger partial charge in [-0.3, -0.25) is 4.90 Å². The first-order valence-corrected chi connectivity index (χ1v) is 10.4. The van der Waals surface area contributed by atoms with Gasteiger partial charge in [-0.05, 0) is 36.6 Å². The number of nitrogens with zero attached hydrogens (tertiary/aromatic N) is 2. The highest BCUT2D eigenvalue weighted by Crippen LogP contribution is 2.66. The SMILES string of the molecule is CC[C@]12C=CCN3CC[C@@]4(c5ccc(CO)cc5N(C)[C@H]4C(O)(CN)[C@@H]1O)[C@@H]32. The molecule has 1 saturated carbocycles. The Morgan fingerprint density at radius 3 is 2.75 bits per heavy atom. The summed E-state index contributed by atoms with van der Waals surface area (Å²) in [6, 6.07) is 5.97. The van der Waals surface area contributed by atoms with E-state index < -0.39 is 17.1 Å². The Hall–Kier alpha value is -1.44. The number of fused-ring (bicyclic) bond motifs is 1. The fourth-order valence-electron chi connectivity index (χ4n) is 7.36. The summed E-state index contributed by atoms with van der Waals surface area (Å²) in [5.74, 6) is 0. The molecule has 1 unspecified atom stereocenters. The second kappa shape index (κ2) is 5.80. The van der Waals surface area contributed by atoms with Crippen molar-refractivity contribution in [3.8, 4) is 0 Å². The number of benzene rings is 1. The van der Waals surface area contributed by atoms with E-state index in [0.717, 1.165) is 37.2 Å². The van der Waals surface area contributed by atoms with E-state index in [4.69, 9.17) is 5.73 Å². The van der Waals surface area contributed by atoms with E-state index in [0.29, 0.717) is 0 Å². The number of hydrogen-bond acceptors (Lipinski definition) is 6. The third-order valence-corrected chi connectivity index (χ3v) is 8.34. The average Bonchev–Trinajstić information content (AvgIpc) is 3.23. The molecule has 0 radical (unpaired) electrons. The highest BCUT2D eigenvalue weighted by molar-refractivity contribution is 5.69. The Morgan fingerprint density at radius 2 is 2.07 bits per heavy atom. The van der Waals surface area contributed by atoms with Gasteiger partial charge in [-0.1, -0.05) is 31.2 Å². The zero-order valence-corrected chi connectivity index (χ0v) is 16.7. The van der Waals surface area contributed by atoms with Crippen LogP contribution in [0.15, 0.2) is 30.4 Å². The third-order valence-electron chi connectivity index (χ3n) is 8.34. The Bertz CT molecular complexity index is 844. The van der Waals surface area contributed by atoms with Gasteiger partial charge in [-0.15, -0.1) is 0 Å². The molecule has 28 heavy (non-hydrogen) atoms. The van der Waals surface area contributed by atoms with Crippen LogP contribution in [0.2, 0.25) is 0 Å². The lowest BCUT2D eigenvalue weighted by Crippen LogP contribution is -2.80.